The number of piperidine rings is 2. The van der Waals surface area contributed by atoms with Gasteiger partial charge in [0.2, 0.25) is 11.8 Å². The number of carbonyl (C=O) groups is 3. The number of fused-ring (bicyclic) bond motifs is 6. The summed E-state index contributed by atoms with van der Waals surface area (Å²) < 4.78 is 19.6. The normalized spacial score (nSPS) is 26.1. The molecule has 0 unspecified atom stereocenters. The van der Waals surface area contributed by atoms with E-state index < -0.39 is 17.7 Å². The lowest BCUT2D eigenvalue weighted by atomic mass is 9.69. The summed E-state index contributed by atoms with van der Waals surface area (Å²) in [5.41, 5.74) is 8.57. The highest BCUT2D eigenvalue weighted by atomic mass is 35.5. The molecule has 4 fully saturated rings. The third-order valence-electron chi connectivity index (χ3n) is 14.7. The first kappa shape index (κ1) is 39.7. The first-order valence-corrected chi connectivity index (χ1v) is 22.7. The fraction of sp³-hybridized carbons (Fsp3) is 0.449. The molecule has 4 aromatic carbocycles. The molecule has 2 N–H and O–H groups in total. The number of aromatic hydroxyl groups is 1. The molecule has 4 atom stereocenters. The smallest absolute Gasteiger partial charge is 0.255 e. The van der Waals surface area contributed by atoms with E-state index in [4.69, 9.17) is 25.8 Å². The summed E-state index contributed by atoms with van der Waals surface area (Å²) in [6.45, 7) is 7.41. The second-order valence-corrected chi connectivity index (χ2v) is 18.7. The van der Waals surface area contributed by atoms with Gasteiger partial charge >= 0.3 is 0 Å². The number of benzene rings is 4. The summed E-state index contributed by atoms with van der Waals surface area (Å²) in [4.78, 5) is 46.7. The molecule has 1 spiro atoms. The van der Waals surface area contributed by atoms with Gasteiger partial charge in [-0.15, -0.1) is 0 Å². The Balaban J connectivity index is 0.684. The number of carbonyl (C=O) groups excluding carboxylic acids is 3. The molecule has 62 heavy (non-hydrogen) atoms. The minimum Gasteiger partial charge on any atom is -0.506 e. The largest absolute Gasteiger partial charge is 0.506 e. The average Bonchev–Trinajstić information content (AvgIpc) is 3.63. The van der Waals surface area contributed by atoms with Crippen LogP contribution in [0.15, 0.2) is 78.9 Å². The minimum absolute atomic E-state index is 0.141. The molecule has 13 heteroatoms. The van der Waals surface area contributed by atoms with E-state index in [9.17, 15) is 19.5 Å². The molecule has 6 heterocycles. The van der Waals surface area contributed by atoms with Gasteiger partial charge in [-0.25, -0.2) is 0 Å². The van der Waals surface area contributed by atoms with Crippen molar-refractivity contribution in [1.82, 2.24) is 15.1 Å². The number of phenols is 1. The van der Waals surface area contributed by atoms with Gasteiger partial charge in [0, 0.05) is 87.2 Å². The third kappa shape index (κ3) is 7.09. The van der Waals surface area contributed by atoms with Crippen LogP contribution in [0.3, 0.4) is 0 Å². The Morgan fingerprint density at radius 2 is 1.61 bits per heavy atom. The van der Waals surface area contributed by atoms with Gasteiger partial charge in [0.15, 0.2) is 5.79 Å². The lowest BCUT2D eigenvalue weighted by Gasteiger charge is -2.48. The van der Waals surface area contributed by atoms with Crippen molar-refractivity contribution in [2.45, 2.75) is 74.8 Å². The van der Waals surface area contributed by atoms with Gasteiger partial charge < -0.3 is 34.0 Å². The lowest BCUT2D eigenvalue weighted by Crippen LogP contribution is -2.59. The summed E-state index contributed by atoms with van der Waals surface area (Å²) in [5, 5.41) is 13.2. The van der Waals surface area contributed by atoms with Crippen LogP contribution in [0.2, 0.25) is 5.02 Å². The van der Waals surface area contributed by atoms with Crippen molar-refractivity contribution < 1.29 is 33.7 Å². The van der Waals surface area contributed by atoms with Gasteiger partial charge in [0.1, 0.15) is 24.1 Å². The zero-order valence-electron chi connectivity index (χ0n) is 34.8. The van der Waals surface area contributed by atoms with Crippen molar-refractivity contribution in [3.8, 4) is 11.5 Å². The van der Waals surface area contributed by atoms with Gasteiger partial charge in [-0.3, -0.25) is 24.6 Å². The number of rotatable bonds is 6. The molecule has 322 valence electrons. The lowest BCUT2D eigenvalue weighted by molar-refractivity contribution is -0.291. The maximum absolute atomic E-state index is 13.4. The van der Waals surface area contributed by atoms with E-state index in [1.807, 2.05) is 24.3 Å². The Labute approximate surface area is 366 Å². The van der Waals surface area contributed by atoms with E-state index in [0.29, 0.717) is 49.3 Å². The Kier molecular flexibility index (Phi) is 10.2. The second kappa shape index (κ2) is 15.9. The molecule has 4 aromatic rings. The fourth-order valence-corrected chi connectivity index (χ4v) is 11.6. The molecule has 7 aliphatic rings. The molecular weight excluding hydrogens is 806 g/mol. The molecule has 0 bridgehead atoms. The SMILES string of the molecule is O=C1CC[C@H](N2Cc3c(ccc4c3OC[C@H]3CN(CC5COC6(CCN(c7ccc([C@@H]8c9cc(Cl)c(O)cc9CC[C@@H]8c8ccccc8)cc7)CC6)OC5)CCN43)C2=O)C(=O)N1. The van der Waals surface area contributed by atoms with E-state index in [2.05, 4.69) is 74.6 Å². The third-order valence-corrected chi connectivity index (χ3v) is 15.0. The standard InChI is InChI=1S/C49H52ClN5O7/c50-40-23-38-33(22-43(40)56)8-11-36(31-4-2-1-3-5-31)45(38)32-6-9-34(10-7-32)53-18-16-49(17-19-53)61-27-30(28-62-49)24-52-20-21-54-35(25-52)29-60-46-39-26-55(42-14-15-44(57)51-47(42)58)48(59)37(39)12-13-41(46)54/h1-7,9-10,12-13,22-23,30,35-36,42,45,56H,8,11,14-21,24-29H2,(H,51,57,58)/t35-,36-,42+,45+/m1/s1. The zero-order valence-corrected chi connectivity index (χ0v) is 35.5. The number of aryl methyl sites for hydroxylation is 1. The van der Waals surface area contributed by atoms with Crippen LogP contribution in [0.25, 0.3) is 0 Å². The Bertz CT molecular complexity index is 2400. The Morgan fingerprint density at radius 1 is 0.823 bits per heavy atom. The van der Waals surface area contributed by atoms with Gasteiger partial charge in [0.05, 0.1) is 36.5 Å². The predicted molar refractivity (Wildman–Crippen MR) is 234 cm³/mol. The summed E-state index contributed by atoms with van der Waals surface area (Å²) in [6.07, 6.45) is 4.10. The molecule has 6 aliphatic heterocycles. The van der Waals surface area contributed by atoms with Crippen molar-refractivity contribution in [3.63, 3.8) is 0 Å². The molecular formula is C49H52ClN5O7. The number of ether oxygens (including phenoxy) is 3. The number of imide groups is 1. The number of nitrogens with zero attached hydrogens (tertiary/aromatic N) is 4. The number of anilines is 2. The van der Waals surface area contributed by atoms with E-state index in [1.165, 1.54) is 27.9 Å². The quantitative estimate of drug-likeness (QED) is 0.217. The molecule has 0 aromatic heterocycles. The van der Waals surface area contributed by atoms with Crippen LogP contribution in [-0.4, -0.2) is 110 Å². The average molecular weight is 858 g/mol. The topological polar surface area (TPSA) is 124 Å². The van der Waals surface area contributed by atoms with Gasteiger partial charge in [0.25, 0.3) is 5.91 Å². The first-order valence-electron chi connectivity index (χ1n) is 22.3. The molecule has 1 aliphatic carbocycles. The van der Waals surface area contributed by atoms with Crippen LogP contribution in [0.5, 0.6) is 11.5 Å². The minimum atomic E-state index is -0.651. The van der Waals surface area contributed by atoms with Gasteiger partial charge in [-0.05, 0) is 83.8 Å². The molecule has 0 radical (unpaired) electrons. The van der Waals surface area contributed by atoms with Crippen LogP contribution < -0.4 is 19.9 Å². The number of amides is 3. The van der Waals surface area contributed by atoms with Crippen molar-refractivity contribution in [2.75, 3.05) is 68.9 Å². The van der Waals surface area contributed by atoms with Gasteiger partial charge in [-0.2, -0.15) is 0 Å². The highest BCUT2D eigenvalue weighted by Gasteiger charge is 2.45. The summed E-state index contributed by atoms with van der Waals surface area (Å²) in [7, 11) is 0. The van der Waals surface area contributed by atoms with Gasteiger partial charge in [-0.1, -0.05) is 54.1 Å². The first-order chi connectivity index (χ1) is 30.2. The van der Waals surface area contributed by atoms with Crippen LogP contribution >= 0.6 is 11.6 Å². The number of phenolic OH excluding ortho intramolecular Hbond substituents is 1. The molecule has 0 saturated carbocycles. The number of nitrogens with one attached hydrogen (secondary N) is 1. The monoisotopic (exact) mass is 857 g/mol. The highest BCUT2D eigenvalue weighted by molar-refractivity contribution is 6.32. The number of piperazine rings is 1. The van der Waals surface area contributed by atoms with E-state index >= 15 is 0 Å². The predicted octanol–water partition coefficient (Wildman–Crippen LogP) is 6.21. The van der Waals surface area contributed by atoms with Crippen LogP contribution in [0.1, 0.15) is 82.1 Å². The van der Waals surface area contributed by atoms with Crippen LogP contribution in [-0.2, 0) is 32.0 Å². The van der Waals surface area contributed by atoms with Crippen LogP contribution in [0, 0.1) is 5.92 Å². The van der Waals surface area contributed by atoms with E-state index in [0.717, 1.165) is 82.0 Å². The van der Waals surface area contributed by atoms with Crippen molar-refractivity contribution in [1.29, 1.82) is 0 Å². The van der Waals surface area contributed by atoms with Crippen molar-refractivity contribution in [2.24, 2.45) is 5.92 Å². The number of hydrogen-bond donors (Lipinski definition) is 2. The number of hydrogen-bond acceptors (Lipinski definition) is 10. The van der Waals surface area contributed by atoms with Crippen LogP contribution in [0.4, 0.5) is 11.4 Å². The molecule has 11 rings (SSSR count). The Hall–Kier alpha value is -5.14. The van der Waals surface area contributed by atoms with E-state index in [-0.39, 0.29) is 41.9 Å². The molecule has 12 nitrogen and oxygen atoms in total. The van der Waals surface area contributed by atoms with Crippen molar-refractivity contribution >= 4 is 40.7 Å². The zero-order chi connectivity index (χ0) is 42.1. The molecule has 3 amide bonds. The van der Waals surface area contributed by atoms with E-state index in [1.54, 1.807) is 4.90 Å². The second-order valence-electron chi connectivity index (χ2n) is 18.3. The number of halogens is 1. The summed E-state index contributed by atoms with van der Waals surface area (Å²) in [6, 6.07) is 27.1. The molecule has 4 saturated heterocycles. The maximum Gasteiger partial charge on any atom is 0.255 e. The Morgan fingerprint density at radius 3 is 2.39 bits per heavy atom. The summed E-state index contributed by atoms with van der Waals surface area (Å²) in [5.74, 6) is 0.212. The summed E-state index contributed by atoms with van der Waals surface area (Å²) >= 11 is 6.50. The van der Waals surface area contributed by atoms with Crippen molar-refractivity contribution in [3.05, 3.63) is 117 Å². The fourth-order valence-electron chi connectivity index (χ4n) is 11.4. The highest BCUT2D eigenvalue weighted by Crippen LogP contribution is 2.49. The maximum atomic E-state index is 13.4.